The minimum Gasteiger partial charge on any atom is -0.493 e. The van der Waals surface area contributed by atoms with Gasteiger partial charge in [-0.15, -0.1) is 0 Å². The lowest BCUT2D eigenvalue weighted by Crippen LogP contribution is -2.23. The second-order valence-electron chi connectivity index (χ2n) is 8.09. The predicted molar refractivity (Wildman–Crippen MR) is 127 cm³/mol. The zero-order valence-corrected chi connectivity index (χ0v) is 19.7. The molecule has 176 valence electrons. The van der Waals surface area contributed by atoms with Gasteiger partial charge >= 0.3 is 0 Å². The van der Waals surface area contributed by atoms with Crippen LogP contribution in [0, 0.1) is 0 Å². The zero-order chi connectivity index (χ0) is 23.5. The van der Waals surface area contributed by atoms with Crippen molar-refractivity contribution in [3.63, 3.8) is 0 Å². The number of H-pyrrole nitrogens is 1. The Bertz CT molecular complexity index is 1210. The lowest BCUT2D eigenvalue weighted by Gasteiger charge is -2.20. The van der Waals surface area contributed by atoms with E-state index in [1.807, 2.05) is 11.9 Å². The first-order chi connectivity index (χ1) is 16.0. The van der Waals surface area contributed by atoms with E-state index >= 15 is 0 Å². The maximum absolute atomic E-state index is 13.0. The first-order valence-corrected chi connectivity index (χ1v) is 10.7. The van der Waals surface area contributed by atoms with Crippen LogP contribution in [0.3, 0.4) is 0 Å². The fourth-order valence-electron chi connectivity index (χ4n) is 4.28. The van der Waals surface area contributed by atoms with E-state index in [4.69, 9.17) is 18.9 Å². The average molecular weight is 455 g/mol. The van der Waals surface area contributed by atoms with Crippen molar-refractivity contribution in [2.75, 3.05) is 53.5 Å². The van der Waals surface area contributed by atoms with E-state index < -0.39 is 0 Å². The van der Waals surface area contributed by atoms with Gasteiger partial charge < -0.3 is 23.8 Å². The first-order valence-electron chi connectivity index (χ1n) is 10.7. The molecule has 1 N–H and O–H groups in total. The number of anilines is 1. The van der Waals surface area contributed by atoms with Gasteiger partial charge in [0.15, 0.2) is 11.5 Å². The molecule has 0 radical (unpaired) electrons. The number of ether oxygens (including phenoxy) is 4. The van der Waals surface area contributed by atoms with Gasteiger partial charge in [0.2, 0.25) is 11.7 Å². The SMILES string of the molecule is COCCN1Cc2ccc(CN(C)c3nc4cc(OC)c(OC)c(OC)c4c(=O)[nH]3)cc2C1. The second-order valence-corrected chi connectivity index (χ2v) is 8.09. The maximum atomic E-state index is 13.0. The highest BCUT2D eigenvalue weighted by Gasteiger charge is 2.22. The van der Waals surface area contributed by atoms with Gasteiger partial charge in [-0.25, -0.2) is 4.98 Å². The Morgan fingerprint density at radius 1 is 1.03 bits per heavy atom. The van der Waals surface area contributed by atoms with Crippen LogP contribution in [-0.2, 0) is 24.4 Å². The van der Waals surface area contributed by atoms with Crippen LogP contribution in [0.15, 0.2) is 29.1 Å². The minimum absolute atomic E-state index is 0.298. The van der Waals surface area contributed by atoms with Gasteiger partial charge in [-0.2, -0.15) is 0 Å². The lowest BCUT2D eigenvalue weighted by atomic mass is 10.1. The Kier molecular flexibility index (Phi) is 6.71. The Morgan fingerprint density at radius 3 is 2.48 bits per heavy atom. The molecule has 0 spiro atoms. The summed E-state index contributed by atoms with van der Waals surface area (Å²) >= 11 is 0. The highest BCUT2D eigenvalue weighted by molar-refractivity contribution is 5.90. The number of methoxy groups -OCH3 is 4. The molecule has 1 aliphatic rings. The van der Waals surface area contributed by atoms with Crippen molar-refractivity contribution in [2.24, 2.45) is 0 Å². The van der Waals surface area contributed by atoms with E-state index in [1.54, 1.807) is 13.2 Å². The summed E-state index contributed by atoms with van der Waals surface area (Å²) in [5.74, 6) is 1.57. The van der Waals surface area contributed by atoms with Gasteiger partial charge in [0.1, 0.15) is 5.39 Å². The molecule has 2 aromatic carbocycles. The standard InChI is InChI=1S/C24H30N4O5/c1-27(12-15-6-7-16-13-28(8-9-30-2)14-17(16)10-15)24-25-18-11-19(31-3)21(32-4)22(33-5)20(18)23(29)26-24/h6-7,10-11H,8-9,12-14H2,1-5H3,(H,25,26,29). The molecule has 2 heterocycles. The number of nitrogens with zero attached hydrogens (tertiary/aromatic N) is 3. The Morgan fingerprint density at radius 2 is 1.79 bits per heavy atom. The summed E-state index contributed by atoms with van der Waals surface area (Å²) in [7, 11) is 8.16. The summed E-state index contributed by atoms with van der Waals surface area (Å²) in [4.78, 5) is 24.8. The highest BCUT2D eigenvalue weighted by Crippen LogP contribution is 2.41. The van der Waals surface area contributed by atoms with E-state index in [0.29, 0.717) is 40.6 Å². The fourth-order valence-corrected chi connectivity index (χ4v) is 4.28. The number of hydrogen-bond donors (Lipinski definition) is 1. The first kappa shape index (κ1) is 22.9. The molecule has 1 aromatic heterocycles. The predicted octanol–water partition coefficient (Wildman–Crippen LogP) is 2.55. The Balaban J connectivity index is 1.61. The monoisotopic (exact) mass is 454 g/mol. The molecule has 9 nitrogen and oxygen atoms in total. The van der Waals surface area contributed by atoms with E-state index in [-0.39, 0.29) is 5.56 Å². The van der Waals surface area contributed by atoms with Crippen molar-refractivity contribution >= 4 is 16.9 Å². The average Bonchev–Trinajstić information content (AvgIpc) is 3.23. The summed E-state index contributed by atoms with van der Waals surface area (Å²) < 4.78 is 21.5. The molecule has 0 amide bonds. The zero-order valence-electron chi connectivity index (χ0n) is 19.7. The van der Waals surface area contributed by atoms with Crippen LogP contribution in [0.4, 0.5) is 5.95 Å². The number of hydrogen-bond acceptors (Lipinski definition) is 8. The number of aromatic nitrogens is 2. The molecule has 0 fully saturated rings. The summed E-state index contributed by atoms with van der Waals surface area (Å²) in [6.07, 6.45) is 0. The van der Waals surface area contributed by atoms with Crippen LogP contribution in [0.25, 0.3) is 10.9 Å². The smallest absolute Gasteiger partial charge is 0.264 e. The molecule has 0 aliphatic carbocycles. The lowest BCUT2D eigenvalue weighted by molar-refractivity contribution is 0.147. The molecule has 0 bridgehead atoms. The van der Waals surface area contributed by atoms with Crippen molar-refractivity contribution in [1.82, 2.24) is 14.9 Å². The van der Waals surface area contributed by atoms with Gasteiger partial charge in [0.05, 0.1) is 33.5 Å². The number of rotatable bonds is 9. The van der Waals surface area contributed by atoms with Gasteiger partial charge in [0, 0.05) is 46.4 Å². The normalized spacial score (nSPS) is 13.2. The fraction of sp³-hybridized carbons (Fsp3) is 0.417. The van der Waals surface area contributed by atoms with E-state index in [9.17, 15) is 4.79 Å². The van der Waals surface area contributed by atoms with Crippen LogP contribution in [-0.4, -0.2) is 63.5 Å². The van der Waals surface area contributed by atoms with Gasteiger partial charge in [0.25, 0.3) is 5.56 Å². The third kappa shape index (κ3) is 4.46. The second kappa shape index (κ2) is 9.68. The molecule has 9 heteroatoms. The molecule has 1 aliphatic heterocycles. The minimum atomic E-state index is -0.303. The van der Waals surface area contributed by atoms with Gasteiger partial charge in [-0.3, -0.25) is 14.7 Å². The quantitative estimate of drug-likeness (QED) is 0.528. The maximum Gasteiger partial charge on any atom is 0.264 e. The summed E-state index contributed by atoms with van der Waals surface area (Å²) in [5, 5.41) is 0.320. The van der Waals surface area contributed by atoms with Crippen LogP contribution in [0.1, 0.15) is 16.7 Å². The van der Waals surface area contributed by atoms with Gasteiger partial charge in [-0.1, -0.05) is 18.2 Å². The molecule has 0 unspecified atom stereocenters. The third-order valence-electron chi connectivity index (χ3n) is 5.94. The number of fused-ring (bicyclic) bond motifs is 2. The topological polar surface area (TPSA) is 89.2 Å². The summed E-state index contributed by atoms with van der Waals surface area (Å²) in [5.41, 5.74) is 4.00. The van der Waals surface area contributed by atoms with E-state index in [1.165, 1.54) is 32.5 Å². The Hall–Kier alpha value is -3.30. The number of aromatic amines is 1. The molecule has 0 saturated carbocycles. The van der Waals surface area contributed by atoms with Crippen molar-refractivity contribution in [3.8, 4) is 17.2 Å². The third-order valence-corrected chi connectivity index (χ3v) is 5.94. The summed E-state index contributed by atoms with van der Waals surface area (Å²) in [6, 6.07) is 8.23. The van der Waals surface area contributed by atoms with Crippen LogP contribution in [0.5, 0.6) is 17.2 Å². The number of benzene rings is 2. The van der Waals surface area contributed by atoms with Crippen molar-refractivity contribution in [2.45, 2.75) is 19.6 Å². The molecule has 3 aromatic rings. The van der Waals surface area contributed by atoms with E-state index in [0.717, 1.165) is 31.8 Å². The summed E-state index contributed by atoms with van der Waals surface area (Å²) in [6.45, 7) is 4.11. The van der Waals surface area contributed by atoms with Crippen LogP contribution >= 0.6 is 0 Å². The molecule has 0 atom stereocenters. The van der Waals surface area contributed by atoms with Crippen LogP contribution < -0.4 is 24.7 Å². The molecule has 0 saturated heterocycles. The molecule has 4 rings (SSSR count). The van der Waals surface area contributed by atoms with E-state index in [2.05, 4.69) is 33.1 Å². The van der Waals surface area contributed by atoms with Crippen molar-refractivity contribution in [3.05, 3.63) is 51.3 Å². The number of nitrogens with one attached hydrogen (secondary N) is 1. The molecule has 33 heavy (non-hydrogen) atoms. The molecular weight excluding hydrogens is 424 g/mol. The molecular formula is C24H30N4O5. The highest BCUT2D eigenvalue weighted by atomic mass is 16.5. The van der Waals surface area contributed by atoms with Gasteiger partial charge in [-0.05, 0) is 16.7 Å². The Labute approximate surface area is 192 Å². The van der Waals surface area contributed by atoms with Crippen molar-refractivity contribution < 1.29 is 18.9 Å². The van der Waals surface area contributed by atoms with Crippen molar-refractivity contribution in [1.29, 1.82) is 0 Å². The van der Waals surface area contributed by atoms with Crippen LogP contribution in [0.2, 0.25) is 0 Å². The largest absolute Gasteiger partial charge is 0.493 e.